The van der Waals surface area contributed by atoms with Gasteiger partial charge in [-0.05, 0) is 6.07 Å². The quantitative estimate of drug-likeness (QED) is 0.154. The molecule has 0 aliphatic carbocycles. The third-order valence-electron chi connectivity index (χ3n) is 3.14. The van der Waals surface area contributed by atoms with Crippen LogP contribution >= 0.6 is 11.6 Å². The molecule has 0 heterocycles. The lowest BCUT2D eigenvalue weighted by Gasteiger charge is -2.14. The fourth-order valence-electron chi connectivity index (χ4n) is 1.93. The summed E-state index contributed by atoms with van der Waals surface area (Å²) in [4.78, 5) is 0. The van der Waals surface area contributed by atoms with Crippen molar-refractivity contribution in [2.45, 2.75) is 5.88 Å². The van der Waals surface area contributed by atoms with E-state index in [4.69, 9.17) is 16.3 Å². The Morgan fingerprint density at radius 2 is 1.38 bits per heavy atom. The third-order valence-corrected chi connectivity index (χ3v) is 3.43. The minimum absolute atomic E-state index is 0.00792. The summed E-state index contributed by atoms with van der Waals surface area (Å²) >= 11 is 5.64. The molecule has 0 amide bonds. The lowest BCUT2D eigenvalue weighted by atomic mass is 10.1. The van der Waals surface area contributed by atoms with Crippen molar-refractivity contribution in [1.29, 1.82) is 0 Å². The standard InChI is InChI=1S/C16H8ClF7O2/c17-5-7-3-1-2-4-8(7)25-6-26-15(16(23)24)9-10(18)12(20)14(22)13(21)11(9)19/h1-4H,5-6H2. The van der Waals surface area contributed by atoms with Gasteiger partial charge in [0.25, 0.3) is 0 Å². The molecule has 0 atom stereocenters. The maximum atomic E-state index is 13.7. The van der Waals surface area contributed by atoms with Crippen molar-refractivity contribution in [3.63, 3.8) is 0 Å². The highest BCUT2D eigenvalue weighted by atomic mass is 35.5. The second-order valence-electron chi connectivity index (χ2n) is 4.68. The summed E-state index contributed by atoms with van der Waals surface area (Å²) in [5.74, 6) is -13.8. The summed E-state index contributed by atoms with van der Waals surface area (Å²) in [6.45, 7) is -1.000. The van der Waals surface area contributed by atoms with Gasteiger partial charge in [0.1, 0.15) is 11.3 Å². The minimum atomic E-state index is -2.80. The van der Waals surface area contributed by atoms with E-state index >= 15 is 0 Å². The summed E-state index contributed by atoms with van der Waals surface area (Å²) in [7, 11) is 0. The Morgan fingerprint density at radius 1 is 0.846 bits per heavy atom. The first kappa shape index (κ1) is 19.9. The molecule has 0 spiro atoms. The second-order valence-corrected chi connectivity index (χ2v) is 4.95. The van der Waals surface area contributed by atoms with Gasteiger partial charge in [-0.1, -0.05) is 18.2 Å². The molecule has 2 aromatic carbocycles. The molecule has 0 bridgehead atoms. The Bertz CT molecular complexity index is 822. The van der Waals surface area contributed by atoms with Crippen LogP contribution in [-0.4, -0.2) is 6.79 Å². The van der Waals surface area contributed by atoms with Crippen LogP contribution in [0.25, 0.3) is 5.76 Å². The predicted octanol–water partition coefficient (Wildman–Crippen LogP) is 5.74. The molecule has 0 aromatic heterocycles. The molecular formula is C16H8ClF7O2. The Labute approximate surface area is 147 Å². The van der Waals surface area contributed by atoms with Crippen LogP contribution in [0.5, 0.6) is 5.75 Å². The largest absolute Gasteiger partial charge is 0.457 e. The second kappa shape index (κ2) is 8.31. The van der Waals surface area contributed by atoms with Crippen LogP contribution in [0.4, 0.5) is 30.7 Å². The van der Waals surface area contributed by atoms with Crippen molar-refractivity contribution in [2.24, 2.45) is 0 Å². The Hall–Kier alpha value is -2.42. The van der Waals surface area contributed by atoms with Crippen molar-refractivity contribution in [1.82, 2.24) is 0 Å². The third kappa shape index (κ3) is 3.87. The monoisotopic (exact) mass is 400 g/mol. The van der Waals surface area contributed by atoms with Crippen molar-refractivity contribution in [2.75, 3.05) is 6.79 Å². The topological polar surface area (TPSA) is 18.5 Å². The van der Waals surface area contributed by atoms with E-state index in [2.05, 4.69) is 4.74 Å². The van der Waals surface area contributed by atoms with Gasteiger partial charge in [-0.3, -0.25) is 0 Å². The van der Waals surface area contributed by atoms with E-state index in [0.717, 1.165) is 0 Å². The van der Waals surface area contributed by atoms with E-state index < -0.39 is 53.3 Å². The van der Waals surface area contributed by atoms with Gasteiger partial charge in [0.2, 0.25) is 18.4 Å². The highest BCUT2D eigenvalue weighted by Gasteiger charge is 2.31. The molecule has 0 N–H and O–H groups in total. The molecule has 2 rings (SSSR count). The predicted molar refractivity (Wildman–Crippen MR) is 77.9 cm³/mol. The van der Waals surface area contributed by atoms with Gasteiger partial charge in [0.05, 0.1) is 5.88 Å². The first-order valence-corrected chi connectivity index (χ1v) is 7.29. The molecule has 0 fully saturated rings. The molecular weight excluding hydrogens is 393 g/mol. The molecule has 0 radical (unpaired) electrons. The molecule has 0 unspecified atom stereocenters. The van der Waals surface area contributed by atoms with Crippen LogP contribution in [0.1, 0.15) is 11.1 Å². The van der Waals surface area contributed by atoms with Crippen molar-refractivity contribution in [3.05, 3.63) is 70.6 Å². The SMILES string of the molecule is FC(F)=C(OCOc1ccccc1CCl)c1c(F)c(F)c(F)c(F)c1F. The average Bonchev–Trinajstić information content (AvgIpc) is 2.63. The van der Waals surface area contributed by atoms with Crippen LogP contribution < -0.4 is 4.74 Å². The molecule has 26 heavy (non-hydrogen) atoms. The Balaban J connectivity index is 2.31. The number of rotatable bonds is 6. The average molecular weight is 401 g/mol. The van der Waals surface area contributed by atoms with Gasteiger partial charge in [-0.15, -0.1) is 11.6 Å². The minimum Gasteiger partial charge on any atom is -0.457 e. The molecule has 0 aliphatic rings. The zero-order valence-electron chi connectivity index (χ0n) is 12.6. The summed E-state index contributed by atoms with van der Waals surface area (Å²) in [5, 5.41) is 0. The smallest absolute Gasteiger partial charge is 0.312 e. The van der Waals surface area contributed by atoms with Crippen LogP contribution in [0, 0.1) is 29.1 Å². The van der Waals surface area contributed by atoms with Crippen LogP contribution in [0.2, 0.25) is 0 Å². The van der Waals surface area contributed by atoms with E-state index in [1.165, 1.54) is 12.1 Å². The fourth-order valence-corrected chi connectivity index (χ4v) is 2.15. The number of benzene rings is 2. The molecule has 0 aliphatic heterocycles. The van der Waals surface area contributed by atoms with Crippen LogP contribution in [0.3, 0.4) is 0 Å². The van der Waals surface area contributed by atoms with Gasteiger partial charge in [-0.25, -0.2) is 22.0 Å². The highest BCUT2D eigenvalue weighted by Crippen LogP contribution is 2.32. The molecule has 10 heteroatoms. The van der Waals surface area contributed by atoms with E-state index in [9.17, 15) is 30.7 Å². The number of hydrogen-bond donors (Lipinski definition) is 0. The van der Waals surface area contributed by atoms with E-state index in [1.54, 1.807) is 12.1 Å². The number of halogens is 8. The summed E-state index contributed by atoms with van der Waals surface area (Å²) in [5.41, 5.74) is -1.43. The first-order valence-electron chi connectivity index (χ1n) is 6.76. The van der Waals surface area contributed by atoms with Crippen molar-refractivity contribution < 1.29 is 40.2 Å². The van der Waals surface area contributed by atoms with Crippen LogP contribution in [-0.2, 0) is 10.6 Å². The number of ether oxygens (including phenoxy) is 2. The molecule has 0 saturated carbocycles. The normalized spacial score (nSPS) is 10.6. The van der Waals surface area contributed by atoms with Crippen molar-refractivity contribution in [3.8, 4) is 5.75 Å². The van der Waals surface area contributed by atoms with Crippen molar-refractivity contribution >= 4 is 17.4 Å². The molecule has 2 nitrogen and oxygen atoms in total. The molecule has 0 saturated heterocycles. The zero-order chi connectivity index (χ0) is 19.4. The Morgan fingerprint density at radius 3 is 1.92 bits per heavy atom. The van der Waals surface area contributed by atoms with Gasteiger partial charge in [0, 0.05) is 5.56 Å². The molecule has 2 aromatic rings. The van der Waals surface area contributed by atoms with Gasteiger partial charge >= 0.3 is 6.08 Å². The highest BCUT2D eigenvalue weighted by molar-refractivity contribution is 6.17. The number of alkyl halides is 1. The van der Waals surface area contributed by atoms with Gasteiger partial charge in [-0.2, -0.15) is 8.78 Å². The summed E-state index contributed by atoms with van der Waals surface area (Å²) in [6.07, 6.45) is -2.80. The molecule has 140 valence electrons. The number of para-hydroxylation sites is 1. The Kier molecular flexibility index (Phi) is 6.36. The summed E-state index contributed by atoms with van der Waals surface area (Å²) in [6, 6.07) is 6.11. The zero-order valence-corrected chi connectivity index (χ0v) is 13.3. The fraction of sp³-hybridized carbons (Fsp3) is 0.125. The lowest BCUT2D eigenvalue weighted by molar-refractivity contribution is 0.0878. The first-order chi connectivity index (χ1) is 12.3. The summed E-state index contributed by atoms with van der Waals surface area (Å²) < 4.78 is 102. The maximum Gasteiger partial charge on any atom is 0.312 e. The van der Waals surface area contributed by atoms with E-state index in [1.807, 2.05) is 0 Å². The maximum absolute atomic E-state index is 13.7. The number of hydrogen-bond acceptors (Lipinski definition) is 2. The van der Waals surface area contributed by atoms with Crippen LogP contribution in [0.15, 0.2) is 30.3 Å². The van der Waals surface area contributed by atoms with Gasteiger partial charge < -0.3 is 9.47 Å². The van der Waals surface area contributed by atoms with E-state index in [0.29, 0.717) is 5.56 Å². The van der Waals surface area contributed by atoms with E-state index in [-0.39, 0.29) is 11.6 Å². The van der Waals surface area contributed by atoms with Gasteiger partial charge in [0.15, 0.2) is 23.3 Å². The lowest BCUT2D eigenvalue weighted by Crippen LogP contribution is -2.11.